The number of rotatable bonds is 5. The van der Waals surface area contributed by atoms with E-state index in [2.05, 4.69) is 23.2 Å². The molecule has 132 valence electrons. The molecule has 0 spiro atoms. The third-order valence-electron chi connectivity index (χ3n) is 4.86. The van der Waals surface area contributed by atoms with E-state index in [0.29, 0.717) is 12.6 Å². The minimum Gasteiger partial charge on any atom is -0.381 e. The number of piperidine rings is 1. The summed E-state index contributed by atoms with van der Waals surface area (Å²) < 4.78 is 0. The van der Waals surface area contributed by atoms with Crippen LogP contribution >= 0.6 is 0 Å². The normalized spacial score (nSPS) is 17.4. The van der Waals surface area contributed by atoms with Gasteiger partial charge in [-0.3, -0.25) is 10.1 Å². The lowest BCUT2D eigenvalue weighted by atomic mass is 10.0. The van der Waals surface area contributed by atoms with Gasteiger partial charge in [-0.25, -0.2) is 0 Å². The van der Waals surface area contributed by atoms with Crippen LogP contribution in [0.15, 0.2) is 42.5 Å². The number of nitrogens with one attached hydrogen (secondary N) is 1. The fourth-order valence-corrected chi connectivity index (χ4v) is 3.48. The van der Waals surface area contributed by atoms with Gasteiger partial charge in [-0.15, -0.1) is 0 Å². The van der Waals surface area contributed by atoms with Gasteiger partial charge in [-0.2, -0.15) is 0 Å². The summed E-state index contributed by atoms with van der Waals surface area (Å²) in [5.41, 5.74) is 4.08. The third-order valence-corrected chi connectivity index (χ3v) is 4.86. The highest BCUT2D eigenvalue weighted by atomic mass is 16.6. The Morgan fingerprint density at radius 2 is 2.08 bits per heavy atom. The number of hydrogen-bond acceptors (Lipinski definition) is 4. The summed E-state index contributed by atoms with van der Waals surface area (Å²) in [5.74, 6) is 0. The van der Waals surface area contributed by atoms with Crippen molar-refractivity contribution in [2.45, 2.75) is 45.7 Å². The summed E-state index contributed by atoms with van der Waals surface area (Å²) >= 11 is 0. The van der Waals surface area contributed by atoms with Crippen LogP contribution in [0.3, 0.4) is 0 Å². The molecule has 0 bridgehead atoms. The number of nitrogens with zero attached hydrogens (tertiary/aromatic N) is 2. The minimum atomic E-state index is -0.257. The minimum absolute atomic E-state index is 0.206. The molecule has 1 atom stereocenters. The second-order valence-corrected chi connectivity index (χ2v) is 6.84. The number of aryl methyl sites for hydroxylation is 1. The predicted molar refractivity (Wildman–Crippen MR) is 102 cm³/mol. The second kappa shape index (κ2) is 7.55. The van der Waals surface area contributed by atoms with Gasteiger partial charge >= 0.3 is 0 Å². The fourth-order valence-electron chi connectivity index (χ4n) is 3.48. The van der Waals surface area contributed by atoms with Gasteiger partial charge in [-0.1, -0.05) is 18.2 Å². The van der Waals surface area contributed by atoms with E-state index in [0.717, 1.165) is 36.3 Å². The van der Waals surface area contributed by atoms with Crippen molar-refractivity contribution in [1.82, 2.24) is 0 Å². The molecule has 1 saturated heterocycles. The number of nitro groups is 1. The summed E-state index contributed by atoms with van der Waals surface area (Å²) in [6.07, 6.45) is 3.38. The zero-order valence-electron chi connectivity index (χ0n) is 14.9. The quantitative estimate of drug-likeness (QED) is 0.622. The Kier molecular flexibility index (Phi) is 5.22. The van der Waals surface area contributed by atoms with E-state index in [-0.39, 0.29) is 10.6 Å². The average molecular weight is 339 g/mol. The number of anilines is 2. The Morgan fingerprint density at radius 1 is 1.24 bits per heavy atom. The van der Waals surface area contributed by atoms with Gasteiger partial charge in [0.25, 0.3) is 5.69 Å². The van der Waals surface area contributed by atoms with E-state index in [4.69, 9.17) is 0 Å². The molecular weight excluding hydrogens is 314 g/mol. The van der Waals surface area contributed by atoms with Crippen LogP contribution in [0.1, 0.15) is 37.3 Å². The summed E-state index contributed by atoms with van der Waals surface area (Å²) in [6, 6.07) is 14.1. The van der Waals surface area contributed by atoms with Crippen LogP contribution in [0.2, 0.25) is 0 Å². The molecule has 0 amide bonds. The maximum atomic E-state index is 11.6. The molecule has 5 heteroatoms. The van der Waals surface area contributed by atoms with Crippen LogP contribution in [0.5, 0.6) is 0 Å². The Balaban J connectivity index is 1.80. The number of hydrogen-bond donors (Lipinski definition) is 1. The fraction of sp³-hybridized carbons (Fsp3) is 0.400. The molecule has 0 aliphatic carbocycles. The zero-order chi connectivity index (χ0) is 17.8. The van der Waals surface area contributed by atoms with Crippen molar-refractivity contribution >= 4 is 17.1 Å². The van der Waals surface area contributed by atoms with E-state index in [1.54, 1.807) is 6.07 Å². The molecular formula is C20H25N3O2. The van der Waals surface area contributed by atoms with Crippen LogP contribution in [0.25, 0.3) is 0 Å². The standard InChI is InChI=1S/C20H25N3O2/c1-15-6-5-8-18(12-15)21-14-17-9-10-19(20(13-17)23(24)25)22-11-4-3-7-16(22)2/h5-6,8-10,12-13,16,21H,3-4,7,11,14H2,1-2H3/t16-/m1/s1. The highest BCUT2D eigenvalue weighted by Gasteiger charge is 2.25. The Bertz CT molecular complexity index is 760. The van der Waals surface area contributed by atoms with Gasteiger partial charge < -0.3 is 10.2 Å². The van der Waals surface area contributed by atoms with Gasteiger partial charge in [-0.05, 0) is 62.4 Å². The largest absolute Gasteiger partial charge is 0.381 e. The van der Waals surface area contributed by atoms with Gasteiger partial charge in [0.15, 0.2) is 0 Å². The van der Waals surface area contributed by atoms with Crippen molar-refractivity contribution in [3.05, 3.63) is 63.7 Å². The van der Waals surface area contributed by atoms with Gasteiger partial charge in [0.05, 0.1) is 4.92 Å². The summed E-state index contributed by atoms with van der Waals surface area (Å²) in [5, 5.41) is 14.9. The molecule has 0 aromatic heterocycles. The van der Waals surface area contributed by atoms with Crippen molar-refractivity contribution in [2.24, 2.45) is 0 Å². The van der Waals surface area contributed by atoms with Crippen molar-refractivity contribution in [1.29, 1.82) is 0 Å². The predicted octanol–water partition coefficient (Wildman–Crippen LogP) is 4.89. The maximum absolute atomic E-state index is 11.6. The average Bonchev–Trinajstić information content (AvgIpc) is 2.60. The molecule has 1 fully saturated rings. The molecule has 2 aromatic rings. The number of benzene rings is 2. The van der Waals surface area contributed by atoms with Crippen molar-refractivity contribution < 1.29 is 4.92 Å². The van der Waals surface area contributed by atoms with E-state index in [1.807, 2.05) is 37.3 Å². The first-order chi connectivity index (χ1) is 12.0. The van der Waals surface area contributed by atoms with Crippen LogP contribution in [-0.4, -0.2) is 17.5 Å². The van der Waals surface area contributed by atoms with Crippen LogP contribution < -0.4 is 10.2 Å². The summed E-state index contributed by atoms with van der Waals surface area (Å²) in [4.78, 5) is 13.5. The van der Waals surface area contributed by atoms with E-state index in [1.165, 1.54) is 12.0 Å². The van der Waals surface area contributed by atoms with Crippen LogP contribution in [0.4, 0.5) is 17.1 Å². The molecule has 1 heterocycles. The topological polar surface area (TPSA) is 58.4 Å². The van der Waals surface area contributed by atoms with E-state index < -0.39 is 0 Å². The van der Waals surface area contributed by atoms with Crippen LogP contribution in [0, 0.1) is 17.0 Å². The Labute approximate surface area is 148 Å². The van der Waals surface area contributed by atoms with E-state index >= 15 is 0 Å². The molecule has 0 unspecified atom stereocenters. The molecule has 2 aromatic carbocycles. The molecule has 1 N–H and O–H groups in total. The Morgan fingerprint density at radius 3 is 2.80 bits per heavy atom. The molecule has 0 saturated carbocycles. The second-order valence-electron chi connectivity index (χ2n) is 6.84. The van der Waals surface area contributed by atoms with Crippen molar-refractivity contribution in [3.63, 3.8) is 0 Å². The smallest absolute Gasteiger partial charge is 0.292 e. The molecule has 3 rings (SSSR count). The van der Waals surface area contributed by atoms with Crippen molar-refractivity contribution in [2.75, 3.05) is 16.8 Å². The summed E-state index contributed by atoms with van der Waals surface area (Å²) in [7, 11) is 0. The molecule has 5 nitrogen and oxygen atoms in total. The van der Waals surface area contributed by atoms with Gasteiger partial charge in [0, 0.05) is 30.9 Å². The lowest BCUT2D eigenvalue weighted by Gasteiger charge is -2.35. The first-order valence-corrected chi connectivity index (χ1v) is 8.89. The SMILES string of the molecule is Cc1cccc(NCc2ccc(N3CCCC[C@H]3C)c([N+](=O)[O-])c2)c1. The molecule has 0 radical (unpaired) electrons. The third kappa shape index (κ3) is 4.10. The van der Waals surface area contributed by atoms with Crippen LogP contribution in [-0.2, 0) is 6.54 Å². The summed E-state index contributed by atoms with van der Waals surface area (Å²) in [6.45, 7) is 5.66. The van der Waals surface area contributed by atoms with Gasteiger partial charge in [0.2, 0.25) is 0 Å². The lowest BCUT2D eigenvalue weighted by molar-refractivity contribution is -0.384. The lowest BCUT2D eigenvalue weighted by Crippen LogP contribution is -2.37. The molecule has 25 heavy (non-hydrogen) atoms. The first-order valence-electron chi connectivity index (χ1n) is 8.89. The number of nitro benzene ring substituents is 1. The maximum Gasteiger partial charge on any atom is 0.292 e. The monoisotopic (exact) mass is 339 g/mol. The first kappa shape index (κ1) is 17.3. The van der Waals surface area contributed by atoms with Crippen molar-refractivity contribution in [3.8, 4) is 0 Å². The molecule has 1 aliphatic rings. The van der Waals surface area contributed by atoms with Gasteiger partial charge in [0.1, 0.15) is 5.69 Å². The highest BCUT2D eigenvalue weighted by Crippen LogP contribution is 2.33. The Hall–Kier alpha value is -2.56. The highest BCUT2D eigenvalue weighted by molar-refractivity contribution is 5.65. The van der Waals surface area contributed by atoms with E-state index in [9.17, 15) is 10.1 Å². The zero-order valence-corrected chi connectivity index (χ0v) is 14.9. The molecule has 1 aliphatic heterocycles.